The van der Waals surface area contributed by atoms with Gasteiger partial charge in [-0.25, -0.2) is 4.79 Å². The number of hydrogen-bond donors (Lipinski definition) is 3. The zero-order chi connectivity index (χ0) is 16.5. The lowest BCUT2D eigenvalue weighted by Gasteiger charge is -2.19. The van der Waals surface area contributed by atoms with Crippen LogP contribution in [0.25, 0.3) is 0 Å². The van der Waals surface area contributed by atoms with Gasteiger partial charge in [0.1, 0.15) is 11.9 Å². The summed E-state index contributed by atoms with van der Waals surface area (Å²) in [6, 6.07) is -1.17. The van der Waals surface area contributed by atoms with Crippen molar-refractivity contribution in [2.75, 3.05) is 6.54 Å². The molecule has 2 unspecified atom stereocenters. The molecule has 0 aliphatic carbocycles. The molecule has 0 spiro atoms. The molecule has 0 bridgehead atoms. The van der Waals surface area contributed by atoms with Crippen LogP contribution in [0.2, 0.25) is 0 Å². The number of nitrogens with one attached hydrogen (secondary N) is 2. The van der Waals surface area contributed by atoms with Crippen LogP contribution in [0.3, 0.4) is 0 Å². The largest absolute Gasteiger partial charge is 0.444 e. The van der Waals surface area contributed by atoms with E-state index in [0.717, 1.165) is 0 Å². The van der Waals surface area contributed by atoms with Crippen LogP contribution < -0.4 is 16.4 Å². The molecule has 2 amide bonds. The van der Waals surface area contributed by atoms with Crippen LogP contribution in [-0.2, 0) is 14.3 Å². The predicted octanol–water partition coefficient (Wildman–Crippen LogP) is 0.712. The van der Waals surface area contributed by atoms with E-state index in [-0.39, 0.29) is 5.91 Å². The lowest BCUT2D eigenvalue weighted by atomic mass is 10.1. The topological polar surface area (TPSA) is 111 Å². The zero-order valence-electron chi connectivity index (χ0n) is 13.3. The first kappa shape index (κ1) is 19.4. The minimum absolute atomic E-state index is 0.348. The van der Waals surface area contributed by atoms with Crippen LogP contribution in [0.15, 0.2) is 0 Å². The van der Waals surface area contributed by atoms with Gasteiger partial charge in [0, 0.05) is 6.54 Å². The molecule has 7 nitrogen and oxygen atoms in total. The summed E-state index contributed by atoms with van der Waals surface area (Å²) in [7, 11) is 0. The Morgan fingerprint density at radius 3 is 2.38 bits per heavy atom. The van der Waals surface area contributed by atoms with E-state index in [2.05, 4.69) is 10.6 Å². The average molecular weight is 301 g/mol. The van der Waals surface area contributed by atoms with Gasteiger partial charge < -0.3 is 25.9 Å². The lowest BCUT2D eigenvalue weighted by Crippen LogP contribution is -2.44. The minimum Gasteiger partial charge on any atom is -0.444 e. The maximum Gasteiger partial charge on any atom is 0.407 e. The number of carbonyl (C=O) groups is 3. The fourth-order valence-electron chi connectivity index (χ4n) is 1.48. The first-order chi connectivity index (χ1) is 9.65. The molecule has 0 saturated heterocycles. The third kappa shape index (κ3) is 10.8. The minimum atomic E-state index is -0.638. The number of ether oxygens (including phenoxy) is 1. The summed E-state index contributed by atoms with van der Waals surface area (Å²) < 4.78 is 5.09. The molecule has 0 aliphatic rings. The number of alkyl carbamates (subject to hydrolysis) is 1. The number of rotatable bonds is 8. The van der Waals surface area contributed by atoms with Gasteiger partial charge in [-0.05, 0) is 47.0 Å². The van der Waals surface area contributed by atoms with Crippen LogP contribution in [0.1, 0.15) is 47.0 Å². The van der Waals surface area contributed by atoms with Gasteiger partial charge in [-0.15, -0.1) is 0 Å². The average Bonchev–Trinajstić information content (AvgIpc) is 2.34. The molecule has 7 heteroatoms. The fraction of sp³-hybridized carbons (Fsp3) is 0.786. The Labute approximate surface area is 126 Å². The monoisotopic (exact) mass is 301 g/mol. The summed E-state index contributed by atoms with van der Waals surface area (Å²) in [4.78, 5) is 33.6. The smallest absolute Gasteiger partial charge is 0.407 e. The van der Waals surface area contributed by atoms with Crippen LogP contribution in [-0.4, -0.2) is 42.5 Å². The Morgan fingerprint density at radius 1 is 1.29 bits per heavy atom. The molecule has 0 aromatic heterocycles. The standard InChI is InChI=1S/C14H27N3O4/c1-10(15)12(19)17-11(9-18)7-5-6-8-16-13(20)21-14(2,3)4/h9-11H,5-8,15H2,1-4H3,(H,16,20)(H,17,19). The molecule has 0 aromatic carbocycles. The SMILES string of the molecule is CC(N)C(=O)NC(C=O)CCCCNC(=O)OC(C)(C)C. The highest BCUT2D eigenvalue weighted by atomic mass is 16.6. The summed E-state index contributed by atoms with van der Waals surface area (Å²) >= 11 is 0. The second-order valence-electron chi connectivity index (χ2n) is 5.96. The van der Waals surface area contributed by atoms with E-state index in [1.807, 2.05) is 0 Å². The van der Waals surface area contributed by atoms with Crippen molar-refractivity contribution in [1.29, 1.82) is 0 Å². The molecule has 21 heavy (non-hydrogen) atoms. The van der Waals surface area contributed by atoms with Crippen molar-refractivity contribution in [1.82, 2.24) is 10.6 Å². The maximum atomic E-state index is 11.4. The highest BCUT2D eigenvalue weighted by Gasteiger charge is 2.16. The highest BCUT2D eigenvalue weighted by Crippen LogP contribution is 2.06. The summed E-state index contributed by atoms with van der Waals surface area (Å²) in [6.45, 7) is 7.40. The Morgan fingerprint density at radius 2 is 1.90 bits per heavy atom. The molecule has 0 aromatic rings. The molecule has 0 fully saturated rings. The fourth-order valence-corrected chi connectivity index (χ4v) is 1.48. The van der Waals surface area contributed by atoms with Gasteiger partial charge in [0.2, 0.25) is 5.91 Å². The summed E-state index contributed by atoms with van der Waals surface area (Å²) in [5, 5.41) is 5.19. The van der Waals surface area contributed by atoms with Gasteiger partial charge in [-0.3, -0.25) is 4.79 Å². The quantitative estimate of drug-likeness (QED) is 0.452. The van der Waals surface area contributed by atoms with E-state index in [0.29, 0.717) is 32.1 Å². The number of carbonyl (C=O) groups excluding carboxylic acids is 3. The van der Waals surface area contributed by atoms with Gasteiger partial charge in [0.15, 0.2) is 0 Å². The van der Waals surface area contributed by atoms with Gasteiger partial charge in [-0.1, -0.05) is 0 Å². The Hall–Kier alpha value is -1.63. The molecule has 2 atom stereocenters. The summed E-state index contributed by atoms with van der Waals surface area (Å²) in [5.74, 6) is -0.348. The molecule has 0 aliphatic heterocycles. The van der Waals surface area contributed by atoms with Gasteiger partial charge >= 0.3 is 6.09 Å². The number of unbranched alkanes of at least 4 members (excludes halogenated alkanes) is 1. The zero-order valence-corrected chi connectivity index (χ0v) is 13.3. The maximum absolute atomic E-state index is 11.4. The van der Waals surface area contributed by atoms with Crippen molar-refractivity contribution < 1.29 is 19.1 Å². The Bertz CT molecular complexity index is 351. The van der Waals surface area contributed by atoms with E-state index >= 15 is 0 Å². The Balaban J connectivity index is 3.80. The highest BCUT2D eigenvalue weighted by molar-refractivity contribution is 5.83. The third-order valence-electron chi connectivity index (χ3n) is 2.52. The summed E-state index contributed by atoms with van der Waals surface area (Å²) in [6.07, 6.45) is 2.13. The van der Waals surface area contributed by atoms with Crippen molar-refractivity contribution in [3.63, 3.8) is 0 Å². The van der Waals surface area contributed by atoms with Gasteiger partial charge in [0.05, 0.1) is 12.1 Å². The van der Waals surface area contributed by atoms with Crippen molar-refractivity contribution >= 4 is 18.3 Å². The van der Waals surface area contributed by atoms with Gasteiger partial charge in [0.25, 0.3) is 0 Å². The molecule has 122 valence electrons. The molecule has 0 saturated carbocycles. The van der Waals surface area contributed by atoms with Crippen LogP contribution in [0, 0.1) is 0 Å². The predicted molar refractivity (Wildman–Crippen MR) is 79.7 cm³/mol. The third-order valence-corrected chi connectivity index (χ3v) is 2.52. The molecule has 0 rings (SSSR count). The molecular formula is C14H27N3O4. The van der Waals surface area contributed by atoms with Crippen LogP contribution in [0.5, 0.6) is 0 Å². The first-order valence-electron chi connectivity index (χ1n) is 7.14. The number of aldehydes is 1. The van der Waals surface area contributed by atoms with Crippen molar-refractivity contribution in [3.8, 4) is 0 Å². The Kier molecular flexibility index (Phi) is 8.61. The molecule has 0 heterocycles. The van der Waals surface area contributed by atoms with Crippen molar-refractivity contribution in [2.24, 2.45) is 5.73 Å². The van der Waals surface area contributed by atoms with Crippen molar-refractivity contribution in [2.45, 2.75) is 64.6 Å². The molecule has 4 N–H and O–H groups in total. The van der Waals surface area contributed by atoms with Crippen LogP contribution in [0.4, 0.5) is 4.79 Å². The van der Waals surface area contributed by atoms with Crippen molar-refractivity contribution in [3.05, 3.63) is 0 Å². The first-order valence-corrected chi connectivity index (χ1v) is 7.14. The molecular weight excluding hydrogens is 274 g/mol. The van der Waals surface area contributed by atoms with E-state index < -0.39 is 23.8 Å². The number of amides is 2. The second kappa shape index (κ2) is 9.33. The van der Waals surface area contributed by atoms with E-state index in [4.69, 9.17) is 10.5 Å². The number of hydrogen-bond acceptors (Lipinski definition) is 5. The van der Waals surface area contributed by atoms with Crippen LogP contribution >= 0.6 is 0 Å². The van der Waals surface area contributed by atoms with E-state index in [9.17, 15) is 14.4 Å². The second-order valence-corrected chi connectivity index (χ2v) is 5.96. The van der Waals surface area contributed by atoms with Gasteiger partial charge in [-0.2, -0.15) is 0 Å². The summed E-state index contributed by atoms with van der Waals surface area (Å²) in [5.41, 5.74) is 4.89. The van der Waals surface area contributed by atoms with E-state index in [1.165, 1.54) is 0 Å². The van der Waals surface area contributed by atoms with E-state index in [1.54, 1.807) is 27.7 Å². The number of nitrogens with two attached hydrogens (primary N) is 1. The normalized spacial score (nSPS) is 14.0. The lowest BCUT2D eigenvalue weighted by molar-refractivity contribution is -0.124. The molecule has 0 radical (unpaired) electrons.